The zero-order valence-electron chi connectivity index (χ0n) is 18.7. The second-order valence-electron chi connectivity index (χ2n) is 8.30. The Morgan fingerprint density at radius 2 is 1.55 bits per heavy atom. The normalized spacial score (nSPS) is 23.6. The molecule has 31 heavy (non-hydrogen) atoms. The van der Waals surface area contributed by atoms with E-state index in [9.17, 15) is 5.11 Å². The molecule has 2 aromatic rings. The van der Waals surface area contributed by atoms with Crippen molar-refractivity contribution in [3.8, 4) is 16.9 Å². The van der Waals surface area contributed by atoms with Crippen LogP contribution in [0, 0.1) is 0 Å². The second kappa shape index (κ2) is 12.0. The average molecular weight is 426 g/mol. The van der Waals surface area contributed by atoms with Crippen LogP contribution in [-0.2, 0) is 16.1 Å². The van der Waals surface area contributed by atoms with E-state index in [2.05, 4.69) is 41.3 Å². The number of aldehydes is 1. The average Bonchev–Trinajstić information content (AvgIpc) is 3.20. The first-order valence-electron chi connectivity index (χ1n) is 11.3. The van der Waals surface area contributed by atoms with Crippen LogP contribution < -0.4 is 4.74 Å². The van der Waals surface area contributed by atoms with Crippen LogP contribution in [0.1, 0.15) is 44.6 Å². The van der Waals surface area contributed by atoms with Crippen LogP contribution in [0.4, 0.5) is 0 Å². The van der Waals surface area contributed by atoms with Gasteiger partial charge in [0, 0.05) is 12.5 Å². The maximum Gasteiger partial charge on any atom is 0.118 e. The van der Waals surface area contributed by atoms with Crippen molar-refractivity contribution in [3.05, 3.63) is 54.1 Å². The molecular weight excluding hydrogens is 390 g/mol. The van der Waals surface area contributed by atoms with E-state index in [4.69, 9.17) is 14.3 Å². The molecule has 5 nitrogen and oxygen atoms in total. The first kappa shape index (κ1) is 23.5. The van der Waals surface area contributed by atoms with Crippen LogP contribution in [0.5, 0.6) is 5.75 Å². The number of hydrogen-bond donors (Lipinski definition) is 1. The topological polar surface area (TPSA) is 59.0 Å². The Balaban J connectivity index is 0.000000858. The number of methoxy groups -OCH3 is 1. The summed E-state index contributed by atoms with van der Waals surface area (Å²) in [6, 6.07) is 16.9. The Bertz CT molecular complexity index is 784. The number of carbonyl (C=O) groups excluding carboxylic acids is 1. The van der Waals surface area contributed by atoms with Crippen LogP contribution in [0.25, 0.3) is 11.1 Å². The van der Waals surface area contributed by atoms with Crippen molar-refractivity contribution in [3.63, 3.8) is 0 Å². The van der Waals surface area contributed by atoms with E-state index < -0.39 is 0 Å². The van der Waals surface area contributed by atoms with Gasteiger partial charge in [-0.3, -0.25) is 4.90 Å². The fraction of sp³-hybridized carbons (Fsp3) is 0.500. The monoisotopic (exact) mass is 425 g/mol. The molecule has 1 N–H and O–H groups in total. The molecule has 4 rings (SSSR count). The molecule has 0 aromatic heterocycles. The van der Waals surface area contributed by atoms with E-state index >= 15 is 0 Å². The van der Waals surface area contributed by atoms with Gasteiger partial charge in [0.25, 0.3) is 0 Å². The lowest BCUT2D eigenvalue weighted by atomic mass is 10.0. The second-order valence-corrected chi connectivity index (χ2v) is 8.30. The Labute approximate surface area is 186 Å². The summed E-state index contributed by atoms with van der Waals surface area (Å²) in [5, 5.41) is 10.5. The predicted molar refractivity (Wildman–Crippen MR) is 123 cm³/mol. The van der Waals surface area contributed by atoms with Gasteiger partial charge in [-0.05, 0) is 68.1 Å². The molecule has 2 aliphatic rings. The summed E-state index contributed by atoms with van der Waals surface area (Å²) in [6.07, 6.45) is 6.20. The molecule has 0 spiro atoms. The fourth-order valence-electron chi connectivity index (χ4n) is 4.52. The molecule has 1 aliphatic carbocycles. The van der Waals surface area contributed by atoms with Crippen molar-refractivity contribution in [2.75, 3.05) is 20.2 Å². The number of nitrogens with zero attached hydrogens (tertiary/aromatic N) is 1. The van der Waals surface area contributed by atoms with Crippen molar-refractivity contribution in [2.45, 2.75) is 63.9 Å². The van der Waals surface area contributed by atoms with Crippen molar-refractivity contribution < 1.29 is 19.4 Å². The molecular formula is C26H35NO4. The summed E-state index contributed by atoms with van der Waals surface area (Å²) >= 11 is 0. The summed E-state index contributed by atoms with van der Waals surface area (Å²) in [5.41, 5.74) is 3.54. The Morgan fingerprint density at radius 1 is 0.968 bits per heavy atom. The first-order valence-corrected chi connectivity index (χ1v) is 11.3. The van der Waals surface area contributed by atoms with Gasteiger partial charge in [-0.25, -0.2) is 0 Å². The van der Waals surface area contributed by atoms with Crippen molar-refractivity contribution in [1.29, 1.82) is 0 Å². The maximum atomic E-state index is 10.5. The number of carbonyl (C=O) groups is 1. The molecule has 5 heteroatoms. The van der Waals surface area contributed by atoms with Crippen molar-refractivity contribution >= 4 is 6.29 Å². The smallest absolute Gasteiger partial charge is 0.118 e. The number of piperidine rings is 1. The van der Waals surface area contributed by atoms with Gasteiger partial charge in [0.2, 0.25) is 0 Å². The van der Waals surface area contributed by atoms with Gasteiger partial charge in [-0.15, -0.1) is 0 Å². The van der Waals surface area contributed by atoms with Crippen molar-refractivity contribution in [2.24, 2.45) is 0 Å². The van der Waals surface area contributed by atoms with E-state index in [1.165, 1.54) is 42.9 Å². The van der Waals surface area contributed by atoms with Gasteiger partial charge < -0.3 is 19.4 Å². The highest BCUT2D eigenvalue weighted by Crippen LogP contribution is 2.30. The number of aliphatic hydroxyl groups is 1. The van der Waals surface area contributed by atoms with Gasteiger partial charge in [0.05, 0.1) is 25.9 Å². The van der Waals surface area contributed by atoms with Crippen LogP contribution in [0.2, 0.25) is 0 Å². The molecule has 168 valence electrons. The molecule has 1 saturated heterocycles. The molecule has 2 fully saturated rings. The van der Waals surface area contributed by atoms with Gasteiger partial charge >= 0.3 is 0 Å². The summed E-state index contributed by atoms with van der Waals surface area (Å²) in [6.45, 7) is 4.30. The van der Waals surface area contributed by atoms with E-state index in [0.29, 0.717) is 6.61 Å². The zero-order chi connectivity index (χ0) is 22.1. The third-order valence-electron chi connectivity index (χ3n) is 6.18. The molecule has 0 bridgehead atoms. The van der Waals surface area contributed by atoms with Gasteiger partial charge in [-0.2, -0.15) is 0 Å². The lowest BCUT2D eigenvalue weighted by molar-refractivity contribution is -0.106. The summed E-state index contributed by atoms with van der Waals surface area (Å²) in [4.78, 5) is 11.3. The molecule has 1 saturated carbocycles. The third-order valence-corrected chi connectivity index (χ3v) is 6.18. The van der Waals surface area contributed by atoms with E-state index in [1.807, 2.05) is 12.1 Å². The van der Waals surface area contributed by atoms with E-state index in [-0.39, 0.29) is 18.2 Å². The molecule has 0 unspecified atom stereocenters. The highest BCUT2D eigenvalue weighted by molar-refractivity contribution is 5.64. The summed E-state index contributed by atoms with van der Waals surface area (Å²) < 4.78 is 11.4. The maximum absolute atomic E-state index is 10.5. The molecule has 2 aromatic carbocycles. The Morgan fingerprint density at radius 3 is 2.13 bits per heavy atom. The molecule has 3 atom stereocenters. The minimum Gasteiger partial charge on any atom is -0.497 e. The van der Waals surface area contributed by atoms with Crippen LogP contribution in [-0.4, -0.2) is 54.7 Å². The number of likely N-dealkylation sites (tertiary alicyclic amines) is 1. The minimum atomic E-state index is -0.249. The largest absolute Gasteiger partial charge is 0.497 e. The van der Waals surface area contributed by atoms with Crippen LogP contribution in [0.3, 0.4) is 0 Å². The summed E-state index contributed by atoms with van der Waals surface area (Å²) in [5.74, 6) is 0.871. The van der Waals surface area contributed by atoms with E-state index in [0.717, 1.165) is 38.0 Å². The molecule has 1 heterocycles. The van der Waals surface area contributed by atoms with Gasteiger partial charge in [0.1, 0.15) is 12.0 Å². The molecule has 0 radical (unpaired) electrons. The lowest BCUT2D eigenvalue weighted by Gasteiger charge is -2.33. The van der Waals surface area contributed by atoms with Gasteiger partial charge in [0.15, 0.2) is 0 Å². The van der Waals surface area contributed by atoms with Gasteiger partial charge in [-0.1, -0.05) is 42.8 Å². The summed E-state index contributed by atoms with van der Waals surface area (Å²) in [7, 11) is 1.68. The lowest BCUT2D eigenvalue weighted by Crippen LogP contribution is -2.43. The molecule has 0 amide bonds. The predicted octanol–water partition coefficient (Wildman–Crippen LogP) is 4.46. The van der Waals surface area contributed by atoms with Crippen LogP contribution in [0.15, 0.2) is 48.5 Å². The van der Waals surface area contributed by atoms with Crippen LogP contribution >= 0.6 is 0 Å². The highest BCUT2D eigenvalue weighted by atomic mass is 16.5. The quantitative estimate of drug-likeness (QED) is 0.693. The standard InChI is InChI=1S/C24H31NO3.C2H4O/c1-27-21-11-9-20(10-12-21)19-7-5-18(6-8-19)17-28-22-15-23(24(26)16-22)25-13-3-2-4-14-25;1-2-3/h5-12,22-24,26H,2-4,13-17H2,1H3;2H,1H3/t22-,23-,24-;/m0./s1. The van der Waals surface area contributed by atoms with Crippen molar-refractivity contribution in [1.82, 2.24) is 4.90 Å². The molecule has 1 aliphatic heterocycles. The first-order chi connectivity index (χ1) is 15.1. The van der Waals surface area contributed by atoms with E-state index in [1.54, 1.807) is 7.11 Å². The number of hydrogen-bond acceptors (Lipinski definition) is 5. The Hall–Kier alpha value is -2.21. The zero-order valence-corrected chi connectivity index (χ0v) is 18.7. The number of benzene rings is 2. The third kappa shape index (κ3) is 6.63. The number of aliphatic hydroxyl groups excluding tert-OH is 1. The fourth-order valence-corrected chi connectivity index (χ4v) is 4.52. The minimum absolute atomic E-state index is 0.156. The highest BCUT2D eigenvalue weighted by Gasteiger charge is 2.37. The SMILES string of the molecule is CC=O.COc1ccc(-c2ccc(CO[C@@H]3C[C@H](O)[C@@H](N4CCCCC4)C3)cc2)cc1. The number of rotatable bonds is 6. The Kier molecular flexibility index (Phi) is 9.07. The number of ether oxygens (including phenoxy) is 2.